The Morgan fingerprint density at radius 3 is 2.63 bits per heavy atom. The van der Waals surface area contributed by atoms with Crippen LogP contribution in [0.1, 0.15) is 12.8 Å². The number of urea groups is 1. The standard InChI is InChI=1S/C13H25N3O3/c1-19-9-4-14-13(18)16-7-5-15(6-8-16)10-12(17)11-2-3-11/h11-12,17H,2-10H2,1H3,(H,14,18)/t12-/m1/s1. The molecule has 0 aromatic heterocycles. The number of hydrogen-bond acceptors (Lipinski definition) is 4. The van der Waals surface area contributed by atoms with Crippen LogP contribution in [0.4, 0.5) is 4.79 Å². The Labute approximate surface area is 114 Å². The first-order chi connectivity index (χ1) is 9.20. The number of nitrogens with one attached hydrogen (secondary N) is 1. The van der Waals surface area contributed by atoms with Crippen LogP contribution in [0, 0.1) is 5.92 Å². The van der Waals surface area contributed by atoms with Gasteiger partial charge in [0.05, 0.1) is 12.7 Å². The Balaban J connectivity index is 1.62. The van der Waals surface area contributed by atoms with E-state index in [0.717, 1.165) is 32.7 Å². The SMILES string of the molecule is COCCNC(=O)N1CCN(C[C@@H](O)C2CC2)CC1. The van der Waals surface area contributed by atoms with Gasteiger partial charge in [0.1, 0.15) is 0 Å². The molecule has 2 aliphatic rings. The number of carbonyl (C=O) groups is 1. The molecule has 2 N–H and O–H groups in total. The highest BCUT2D eigenvalue weighted by molar-refractivity contribution is 5.74. The van der Waals surface area contributed by atoms with Gasteiger partial charge in [-0.3, -0.25) is 4.90 Å². The second kappa shape index (κ2) is 7.07. The van der Waals surface area contributed by atoms with Gasteiger partial charge in [0, 0.05) is 46.4 Å². The van der Waals surface area contributed by atoms with Crippen LogP contribution >= 0.6 is 0 Å². The molecule has 19 heavy (non-hydrogen) atoms. The normalized spacial score (nSPS) is 22.3. The highest BCUT2D eigenvalue weighted by Crippen LogP contribution is 2.32. The summed E-state index contributed by atoms with van der Waals surface area (Å²) in [6.45, 7) is 5.01. The van der Waals surface area contributed by atoms with Gasteiger partial charge < -0.3 is 20.1 Å². The molecule has 2 amide bonds. The molecule has 1 saturated carbocycles. The predicted octanol–water partition coefficient (Wildman–Crippen LogP) is -0.269. The van der Waals surface area contributed by atoms with Gasteiger partial charge >= 0.3 is 6.03 Å². The Morgan fingerprint density at radius 1 is 1.37 bits per heavy atom. The van der Waals surface area contributed by atoms with Gasteiger partial charge in [-0.05, 0) is 18.8 Å². The number of rotatable bonds is 6. The minimum Gasteiger partial charge on any atom is -0.392 e. The van der Waals surface area contributed by atoms with Crippen molar-refractivity contribution in [3.8, 4) is 0 Å². The van der Waals surface area contributed by atoms with E-state index in [0.29, 0.717) is 19.1 Å². The lowest BCUT2D eigenvalue weighted by Crippen LogP contribution is -2.53. The zero-order valence-electron chi connectivity index (χ0n) is 11.7. The minimum atomic E-state index is -0.179. The van der Waals surface area contributed by atoms with E-state index in [1.54, 1.807) is 7.11 Å². The van der Waals surface area contributed by atoms with Crippen molar-refractivity contribution in [1.29, 1.82) is 0 Å². The van der Waals surface area contributed by atoms with E-state index in [2.05, 4.69) is 10.2 Å². The highest BCUT2D eigenvalue weighted by Gasteiger charge is 2.31. The van der Waals surface area contributed by atoms with Gasteiger partial charge in [-0.25, -0.2) is 4.79 Å². The van der Waals surface area contributed by atoms with Crippen molar-refractivity contribution in [3.05, 3.63) is 0 Å². The Bertz CT molecular complexity index is 289. The highest BCUT2D eigenvalue weighted by atomic mass is 16.5. The summed E-state index contributed by atoms with van der Waals surface area (Å²) in [6, 6.07) is -0.0144. The van der Waals surface area contributed by atoms with Crippen LogP contribution in [-0.2, 0) is 4.74 Å². The number of aliphatic hydroxyl groups excluding tert-OH is 1. The molecule has 1 aliphatic carbocycles. The van der Waals surface area contributed by atoms with E-state index >= 15 is 0 Å². The molecule has 6 nitrogen and oxygen atoms in total. The lowest BCUT2D eigenvalue weighted by molar-refractivity contribution is 0.0693. The summed E-state index contributed by atoms with van der Waals surface area (Å²) >= 11 is 0. The summed E-state index contributed by atoms with van der Waals surface area (Å²) in [5.41, 5.74) is 0. The smallest absolute Gasteiger partial charge is 0.317 e. The first-order valence-corrected chi connectivity index (χ1v) is 7.13. The molecule has 6 heteroatoms. The molecule has 1 saturated heterocycles. The molecule has 0 aromatic rings. The first kappa shape index (κ1) is 14.6. The van der Waals surface area contributed by atoms with E-state index < -0.39 is 0 Å². The molecule has 0 bridgehead atoms. The number of carbonyl (C=O) groups excluding carboxylic acids is 1. The first-order valence-electron chi connectivity index (χ1n) is 7.13. The number of amides is 2. The molecule has 2 fully saturated rings. The van der Waals surface area contributed by atoms with Crippen LogP contribution in [0.25, 0.3) is 0 Å². The largest absolute Gasteiger partial charge is 0.392 e. The fraction of sp³-hybridized carbons (Fsp3) is 0.923. The van der Waals surface area contributed by atoms with Gasteiger partial charge in [-0.15, -0.1) is 0 Å². The third-order valence-electron chi connectivity index (χ3n) is 3.85. The maximum Gasteiger partial charge on any atom is 0.317 e. The molecule has 2 rings (SSSR count). The van der Waals surface area contributed by atoms with E-state index in [9.17, 15) is 9.90 Å². The number of aliphatic hydroxyl groups is 1. The number of piperazine rings is 1. The Morgan fingerprint density at radius 2 is 2.05 bits per heavy atom. The van der Waals surface area contributed by atoms with Crippen LogP contribution in [0.2, 0.25) is 0 Å². The second-order valence-electron chi connectivity index (χ2n) is 5.42. The molecule has 0 spiro atoms. The van der Waals surface area contributed by atoms with Crippen molar-refractivity contribution >= 4 is 6.03 Å². The average Bonchev–Trinajstić information content (AvgIpc) is 3.24. The molecule has 1 heterocycles. The number of β-amino-alcohol motifs (C(OH)–C–C–N with tert-alkyl or cyclic N) is 1. The van der Waals surface area contributed by atoms with Gasteiger partial charge in [0.2, 0.25) is 0 Å². The quantitative estimate of drug-likeness (QED) is 0.653. The number of hydrogen-bond donors (Lipinski definition) is 2. The van der Waals surface area contributed by atoms with E-state index in [4.69, 9.17) is 4.74 Å². The summed E-state index contributed by atoms with van der Waals surface area (Å²) in [5.74, 6) is 0.523. The lowest BCUT2D eigenvalue weighted by Gasteiger charge is -2.35. The number of nitrogens with zero attached hydrogens (tertiary/aromatic N) is 2. The summed E-state index contributed by atoms with van der Waals surface area (Å²) < 4.78 is 4.90. The topological polar surface area (TPSA) is 65.0 Å². The van der Waals surface area contributed by atoms with Gasteiger partial charge in [-0.2, -0.15) is 0 Å². The van der Waals surface area contributed by atoms with Gasteiger partial charge in [0.25, 0.3) is 0 Å². The van der Waals surface area contributed by atoms with E-state index in [1.165, 1.54) is 12.8 Å². The number of methoxy groups -OCH3 is 1. The molecule has 110 valence electrons. The van der Waals surface area contributed by atoms with Crippen molar-refractivity contribution in [1.82, 2.24) is 15.1 Å². The summed E-state index contributed by atoms with van der Waals surface area (Å²) in [7, 11) is 1.62. The summed E-state index contributed by atoms with van der Waals surface area (Å²) in [6.07, 6.45) is 2.16. The molecule has 0 unspecified atom stereocenters. The van der Waals surface area contributed by atoms with Gasteiger partial charge in [-0.1, -0.05) is 0 Å². The van der Waals surface area contributed by atoms with Crippen molar-refractivity contribution in [2.24, 2.45) is 5.92 Å². The van der Waals surface area contributed by atoms with Gasteiger partial charge in [0.15, 0.2) is 0 Å². The summed E-state index contributed by atoms with van der Waals surface area (Å²) in [4.78, 5) is 15.9. The zero-order chi connectivity index (χ0) is 13.7. The molecule has 1 aliphatic heterocycles. The van der Waals surface area contributed by atoms with Crippen LogP contribution in [-0.4, -0.2) is 80.0 Å². The fourth-order valence-corrected chi connectivity index (χ4v) is 2.40. The maximum atomic E-state index is 11.8. The molecule has 0 aromatic carbocycles. The lowest BCUT2D eigenvalue weighted by atomic mass is 10.2. The Kier molecular flexibility index (Phi) is 5.42. The van der Waals surface area contributed by atoms with E-state index in [1.807, 2.05) is 4.90 Å². The monoisotopic (exact) mass is 271 g/mol. The average molecular weight is 271 g/mol. The van der Waals surface area contributed by atoms with Crippen LogP contribution in [0.15, 0.2) is 0 Å². The van der Waals surface area contributed by atoms with Crippen LogP contribution in [0.3, 0.4) is 0 Å². The van der Waals surface area contributed by atoms with Crippen molar-refractivity contribution in [2.45, 2.75) is 18.9 Å². The number of ether oxygens (including phenoxy) is 1. The molecular weight excluding hydrogens is 246 g/mol. The fourth-order valence-electron chi connectivity index (χ4n) is 2.40. The van der Waals surface area contributed by atoms with Crippen molar-refractivity contribution in [2.75, 3.05) is 53.0 Å². The third kappa shape index (κ3) is 4.63. The second-order valence-corrected chi connectivity index (χ2v) is 5.42. The van der Waals surface area contributed by atoms with Crippen molar-refractivity contribution < 1.29 is 14.6 Å². The Hall–Kier alpha value is -0.850. The van der Waals surface area contributed by atoms with Crippen LogP contribution < -0.4 is 5.32 Å². The third-order valence-corrected chi connectivity index (χ3v) is 3.85. The van der Waals surface area contributed by atoms with E-state index in [-0.39, 0.29) is 12.1 Å². The van der Waals surface area contributed by atoms with Crippen molar-refractivity contribution in [3.63, 3.8) is 0 Å². The molecule has 0 radical (unpaired) electrons. The molecule has 1 atom stereocenters. The summed E-state index contributed by atoms with van der Waals surface area (Å²) in [5, 5.41) is 12.7. The van der Waals surface area contributed by atoms with Crippen LogP contribution in [0.5, 0.6) is 0 Å². The zero-order valence-corrected chi connectivity index (χ0v) is 11.7. The molecular formula is C13H25N3O3. The predicted molar refractivity (Wildman–Crippen MR) is 72.0 cm³/mol. The minimum absolute atomic E-state index is 0.0144. The maximum absolute atomic E-state index is 11.8.